The second kappa shape index (κ2) is 7.96. The molecule has 3 unspecified atom stereocenters. The predicted molar refractivity (Wildman–Crippen MR) is 93.7 cm³/mol. The van der Waals surface area contributed by atoms with E-state index in [1.807, 2.05) is 6.92 Å². The number of nitrogens with zero attached hydrogens (tertiary/aromatic N) is 1. The second-order valence-corrected chi connectivity index (χ2v) is 6.65. The molecule has 1 aliphatic heterocycles. The number of halogens is 3. The van der Waals surface area contributed by atoms with Crippen molar-refractivity contribution in [1.29, 1.82) is 0 Å². The summed E-state index contributed by atoms with van der Waals surface area (Å²) in [6.07, 6.45) is -1.30. The van der Waals surface area contributed by atoms with Gasteiger partial charge in [-0.2, -0.15) is 13.2 Å². The molecule has 0 aliphatic carbocycles. The number of hydrogen-bond donors (Lipinski definition) is 4. The summed E-state index contributed by atoms with van der Waals surface area (Å²) in [6.45, 7) is 1.94. The first-order valence-electron chi connectivity index (χ1n) is 8.24. The Morgan fingerprint density at radius 2 is 2.08 bits per heavy atom. The molecule has 0 spiro atoms. The number of carbonyl (C=O) groups excluding carboxylic acids is 1. The van der Waals surface area contributed by atoms with Crippen LogP contribution >= 0.6 is 0 Å². The van der Waals surface area contributed by atoms with Crippen molar-refractivity contribution in [3.8, 4) is 0 Å². The van der Waals surface area contributed by atoms with Crippen molar-refractivity contribution < 1.29 is 18.0 Å². The number of nitrogens with one attached hydrogen (secondary N) is 2. The van der Waals surface area contributed by atoms with Crippen LogP contribution in [0.5, 0.6) is 0 Å². The Kier molecular flexibility index (Phi) is 6.14. The van der Waals surface area contributed by atoms with Gasteiger partial charge in [0.1, 0.15) is 0 Å². The number of piperidine rings is 1. The summed E-state index contributed by atoms with van der Waals surface area (Å²) in [7, 11) is 1.63. The minimum atomic E-state index is -4.45. The fraction of sp³-hybridized carbons (Fsp3) is 0.471. The SMILES string of the molecule is CC1CC(c2cc(C(F)(F)F)ccc2NC=O)CC(/C(N)=C/N(C)N)N1. The van der Waals surface area contributed by atoms with E-state index in [2.05, 4.69) is 10.6 Å². The van der Waals surface area contributed by atoms with Crippen LogP contribution in [0.4, 0.5) is 18.9 Å². The van der Waals surface area contributed by atoms with Crippen LogP contribution in [0.25, 0.3) is 0 Å². The summed E-state index contributed by atoms with van der Waals surface area (Å²) >= 11 is 0. The molecule has 0 saturated carbocycles. The maximum absolute atomic E-state index is 13.1. The average molecular weight is 371 g/mol. The summed E-state index contributed by atoms with van der Waals surface area (Å²) in [5.74, 6) is 5.39. The van der Waals surface area contributed by atoms with Crippen LogP contribution in [0.15, 0.2) is 30.1 Å². The van der Waals surface area contributed by atoms with Crippen LogP contribution in [0, 0.1) is 0 Å². The van der Waals surface area contributed by atoms with Gasteiger partial charge in [0.2, 0.25) is 6.41 Å². The topological polar surface area (TPSA) is 96.4 Å². The van der Waals surface area contributed by atoms with E-state index in [-0.39, 0.29) is 18.0 Å². The predicted octanol–water partition coefficient (Wildman–Crippen LogP) is 2.10. The highest BCUT2D eigenvalue weighted by atomic mass is 19.4. The third kappa shape index (κ3) is 4.89. The lowest BCUT2D eigenvalue weighted by molar-refractivity contribution is -0.137. The van der Waals surface area contributed by atoms with Crippen molar-refractivity contribution >= 4 is 12.1 Å². The van der Waals surface area contributed by atoms with Crippen molar-refractivity contribution in [3.05, 3.63) is 41.2 Å². The number of anilines is 1. The summed E-state index contributed by atoms with van der Waals surface area (Å²) in [5.41, 5.74) is 6.67. The summed E-state index contributed by atoms with van der Waals surface area (Å²) < 4.78 is 39.4. The molecular formula is C17H24F3N5O. The number of carbonyl (C=O) groups is 1. The first kappa shape index (κ1) is 20.1. The Hall–Kier alpha value is -2.26. The minimum absolute atomic E-state index is 0.0346. The van der Waals surface area contributed by atoms with Crippen molar-refractivity contribution in [3.63, 3.8) is 0 Å². The van der Waals surface area contributed by atoms with Gasteiger partial charge in [0, 0.05) is 36.7 Å². The van der Waals surface area contributed by atoms with E-state index in [1.54, 1.807) is 13.2 Å². The molecule has 0 radical (unpaired) electrons. The molecule has 9 heteroatoms. The second-order valence-electron chi connectivity index (χ2n) is 6.65. The average Bonchev–Trinajstić information content (AvgIpc) is 2.53. The number of benzene rings is 1. The minimum Gasteiger partial charge on any atom is -0.400 e. The lowest BCUT2D eigenvalue weighted by Crippen LogP contribution is -2.46. The number of rotatable bonds is 5. The highest BCUT2D eigenvalue weighted by molar-refractivity contribution is 5.74. The molecule has 1 aliphatic rings. The molecule has 144 valence electrons. The fourth-order valence-electron chi connectivity index (χ4n) is 3.37. The van der Waals surface area contributed by atoms with Crippen LogP contribution in [0.1, 0.15) is 36.8 Å². The molecule has 1 aromatic rings. The van der Waals surface area contributed by atoms with Crippen molar-refractivity contribution in [2.24, 2.45) is 11.6 Å². The van der Waals surface area contributed by atoms with Crippen LogP contribution in [-0.4, -0.2) is 30.6 Å². The van der Waals surface area contributed by atoms with E-state index in [0.717, 1.165) is 12.1 Å². The lowest BCUT2D eigenvalue weighted by Gasteiger charge is -2.36. The highest BCUT2D eigenvalue weighted by Gasteiger charge is 2.34. The maximum atomic E-state index is 13.1. The quantitative estimate of drug-likeness (QED) is 0.361. The van der Waals surface area contributed by atoms with Gasteiger partial charge in [-0.05, 0) is 49.4 Å². The summed E-state index contributed by atoms with van der Waals surface area (Å²) in [6, 6.07) is 3.18. The van der Waals surface area contributed by atoms with E-state index < -0.39 is 11.7 Å². The molecule has 1 amide bonds. The van der Waals surface area contributed by atoms with E-state index >= 15 is 0 Å². The molecule has 1 heterocycles. The van der Waals surface area contributed by atoms with E-state index in [9.17, 15) is 18.0 Å². The molecule has 6 nitrogen and oxygen atoms in total. The zero-order valence-corrected chi connectivity index (χ0v) is 14.7. The Balaban J connectivity index is 2.39. The van der Waals surface area contributed by atoms with Crippen LogP contribution in [0.3, 0.4) is 0 Å². The van der Waals surface area contributed by atoms with Crippen molar-refractivity contribution in [2.75, 3.05) is 12.4 Å². The standard InChI is InChI=1S/C17H24F3N5O/c1-10-5-11(6-16(24-10)14(21)8-25(2)22)13-7-12(17(18,19)20)3-4-15(13)23-9-26/h3-4,7-11,16,24H,5-6,21-22H2,1-2H3,(H,23,26)/b14-8-. The Bertz CT molecular complexity index is 675. The number of hydrazine groups is 1. The van der Waals surface area contributed by atoms with Gasteiger partial charge >= 0.3 is 6.18 Å². The summed E-state index contributed by atoms with van der Waals surface area (Å²) in [5, 5.41) is 7.16. The molecule has 1 saturated heterocycles. The molecule has 1 aromatic carbocycles. The Morgan fingerprint density at radius 1 is 1.38 bits per heavy atom. The van der Waals surface area contributed by atoms with E-state index in [4.69, 9.17) is 11.6 Å². The first-order valence-corrected chi connectivity index (χ1v) is 8.24. The number of nitrogens with two attached hydrogens (primary N) is 2. The van der Waals surface area contributed by atoms with Crippen LogP contribution < -0.4 is 22.2 Å². The molecule has 3 atom stereocenters. The van der Waals surface area contributed by atoms with E-state index in [1.165, 1.54) is 11.1 Å². The normalized spacial score (nSPS) is 24.2. The smallest absolute Gasteiger partial charge is 0.400 e. The van der Waals surface area contributed by atoms with Gasteiger partial charge in [-0.1, -0.05) is 0 Å². The highest BCUT2D eigenvalue weighted by Crippen LogP contribution is 2.39. The van der Waals surface area contributed by atoms with E-state index in [0.29, 0.717) is 36.2 Å². The molecule has 2 rings (SSSR count). The molecule has 0 bridgehead atoms. The Labute approximate surface area is 150 Å². The number of amides is 1. The van der Waals surface area contributed by atoms with Crippen molar-refractivity contribution in [1.82, 2.24) is 10.3 Å². The van der Waals surface area contributed by atoms with Gasteiger partial charge in [-0.15, -0.1) is 0 Å². The third-order valence-corrected chi connectivity index (χ3v) is 4.43. The number of hydrogen-bond acceptors (Lipinski definition) is 5. The molecule has 26 heavy (non-hydrogen) atoms. The largest absolute Gasteiger partial charge is 0.416 e. The van der Waals surface area contributed by atoms with Gasteiger partial charge in [-0.25, -0.2) is 5.84 Å². The molecule has 1 fully saturated rings. The lowest BCUT2D eigenvalue weighted by atomic mass is 9.81. The van der Waals surface area contributed by atoms with Crippen LogP contribution in [0.2, 0.25) is 0 Å². The summed E-state index contributed by atoms with van der Waals surface area (Å²) in [4.78, 5) is 10.9. The monoisotopic (exact) mass is 371 g/mol. The fourth-order valence-corrected chi connectivity index (χ4v) is 3.37. The molecule has 6 N–H and O–H groups in total. The van der Waals surface area contributed by atoms with Crippen molar-refractivity contribution in [2.45, 2.75) is 43.9 Å². The van der Waals surface area contributed by atoms with Gasteiger partial charge < -0.3 is 21.4 Å². The van der Waals surface area contributed by atoms with Gasteiger partial charge in [0.25, 0.3) is 0 Å². The molecule has 0 aromatic heterocycles. The maximum Gasteiger partial charge on any atom is 0.416 e. The Morgan fingerprint density at radius 3 is 2.65 bits per heavy atom. The van der Waals surface area contributed by atoms with Gasteiger partial charge in [0.15, 0.2) is 0 Å². The first-order chi connectivity index (χ1) is 12.1. The zero-order valence-electron chi connectivity index (χ0n) is 14.7. The number of alkyl halides is 3. The van der Waals surface area contributed by atoms with Gasteiger partial charge in [0.05, 0.1) is 5.56 Å². The van der Waals surface area contributed by atoms with Gasteiger partial charge in [-0.3, -0.25) is 4.79 Å². The molecular weight excluding hydrogens is 347 g/mol. The van der Waals surface area contributed by atoms with Crippen LogP contribution in [-0.2, 0) is 11.0 Å². The third-order valence-electron chi connectivity index (χ3n) is 4.43. The zero-order chi connectivity index (χ0) is 19.5.